The van der Waals surface area contributed by atoms with Gasteiger partial charge in [-0.2, -0.15) is 0 Å². The Kier molecular flexibility index (Phi) is 6.82. The summed E-state index contributed by atoms with van der Waals surface area (Å²) >= 11 is 2.93. The standard InChI is InChI=1S/C11H16N2O4S2/c1-7-12-8(5-19-7)4-18-6-10(15)13-9(2-3-14)11(16)17/h5,9,14H,2-4,6H2,1H3,(H,13,15)(H,16,17). The molecular weight excluding hydrogens is 288 g/mol. The molecule has 0 saturated carbocycles. The molecule has 3 N–H and O–H groups in total. The van der Waals surface area contributed by atoms with Crippen molar-refractivity contribution >= 4 is 35.0 Å². The Labute approximate surface area is 119 Å². The molecule has 0 aliphatic carbocycles. The van der Waals surface area contributed by atoms with E-state index in [1.54, 1.807) is 11.3 Å². The maximum atomic E-state index is 11.5. The van der Waals surface area contributed by atoms with Gasteiger partial charge in [0.25, 0.3) is 0 Å². The summed E-state index contributed by atoms with van der Waals surface area (Å²) in [6.07, 6.45) is 0.0109. The molecule has 0 spiro atoms. The van der Waals surface area contributed by atoms with E-state index in [1.165, 1.54) is 11.8 Å². The van der Waals surface area contributed by atoms with E-state index in [-0.39, 0.29) is 24.7 Å². The van der Waals surface area contributed by atoms with Gasteiger partial charge in [-0.1, -0.05) is 0 Å². The number of nitrogens with one attached hydrogen (secondary N) is 1. The van der Waals surface area contributed by atoms with Crippen molar-refractivity contribution in [3.63, 3.8) is 0 Å². The zero-order valence-electron chi connectivity index (χ0n) is 10.5. The molecule has 19 heavy (non-hydrogen) atoms. The number of thioether (sulfide) groups is 1. The number of aliphatic hydroxyl groups excluding tert-OH is 1. The zero-order valence-corrected chi connectivity index (χ0v) is 12.1. The van der Waals surface area contributed by atoms with E-state index in [0.29, 0.717) is 5.75 Å². The molecule has 0 aromatic carbocycles. The van der Waals surface area contributed by atoms with Crippen LogP contribution in [-0.2, 0) is 15.3 Å². The minimum absolute atomic E-state index is 0.0109. The molecule has 0 bridgehead atoms. The van der Waals surface area contributed by atoms with E-state index < -0.39 is 12.0 Å². The molecule has 0 radical (unpaired) electrons. The van der Waals surface area contributed by atoms with E-state index in [0.717, 1.165) is 10.7 Å². The van der Waals surface area contributed by atoms with Crippen molar-refractivity contribution in [2.45, 2.75) is 25.1 Å². The topological polar surface area (TPSA) is 99.5 Å². The van der Waals surface area contributed by atoms with E-state index in [9.17, 15) is 9.59 Å². The highest BCUT2D eigenvalue weighted by Gasteiger charge is 2.18. The molecule has 1 unspecified atom stereocenters. The van der Waals surface area contributed by atoms with E-state index in [2.05, 4.69) is 10.3 Å². The molecule has 0 aliphatic rings. The quantitative estimate of drug-likeness (QED) is 0.651. The molecular formula is C11H16N2O4S2. The number of carbonyl (C=O) groups excluding carboxylic acids is 1. The number of aromatic nitrogens is 1. The van der Waals surface area contributed by atoms with Crippen molar-refractivity contribution < 1.29 is 19.8 Å². The second-order valence-electron chi connectivity index (χ2n) is 3.82. The van der Waals surface area contributed by atoms with Gasteiger partial charge in [0.05, 0.1) is 16.5 Å². The van der Waals surface area contributed by atoms with Gasteiger partial charge in [-0.3, -0.25) is 4.79 Å². The lowest BCUT2D eigenvalue weighted by atomic mass is 10.2. The molecule has 1 rings (SSSR count). The minimum Gasteiger partial charge on any atom is -0.480 e. The van der Waals surface area contributed by atoms with Crippen LogP contribution in [0.4, 0.5) is 0 Å². The normalized spacial score (nSPS) is 12.1. The van der Waals surface area contributed by atoms with Crippen LogP contribution in [0.5, 0.6) is 0 Å². The van der Waals surface area contributed by atoms with Crippen LogP contribution < -0.4 is 5.32 Å². The van der Waals surface area contributed by atoms with Crippen molar-refractivity contribution in [3.8, 4) is 0 Å². The lowest BCUT2D eigenvalue weighted by Crippen LogP contribution is -2.42. The maximum absolute atomic E-state index is 11.5. The average molecular weight is 304 g/mol. The Bertz CT molecular complexity index is 436. The SMILES string of the molecule is Cc1nc(CSCC(=O)NC(CCO)C(=O)O)cs1. The number of rotatable bonds is 8. The zero-order chi connectivity index (χ0) is 14.3. The van der Waals surface area contributed by atoms with E-state index in [4.69, 9.17) is 10.2 Å². The monoisotopic (exact) mass is 304 g/mol. The number of aliphatic carboxylic acids is 1. The van der Waals surface area contributed by atoms with Crippen molar-refractivity contribution in [1.82, 2.24) is 10.3 Å². The first-order chi connectivity index (χ1) is 9.02. The lowest BCUT2D eigenvalue weighted by molar-refractivity contribution is -0.141. The van der Waals surface area contributed by atoms with Crippen LogP contribution >= 0.6 is 23.1 Å². The predicted octanol–water partition coefficient (Wildman–Crippen LogP) is 0.637. The van der Waals surface area contributed by atoms with Gasteiger partial charge < -0.3 is 15.5 Å². The highest BCUT2D eigenvalue weighted by molar-refractivity contribution is 7.99. The van der Waals surface area contributed by atoms with Gasteiger partial charge in [0, 0.05) is 24.2 Å². The first-order valence-electron chi connectivity index (χ1n) is 5.64. The third-order valence-corrected chi connectivity index (χ3v) is 3.99. The summed E-state index contributed by atoms with van der Waals surface area (Å²) < 4.78 is 0. The van der Waals surface area contributed by atoms with Crippen LogP contribution in [0, 0.1) is 6.92 Å². The van der Waals surface area contributed by atoms with Gasteiger partial charge in [-0.05, 0) is 6.92 Å². The number of carbonyl (C=O) groups is 2. The van der Waals surface area contributed by atoms with E-state index >= 15 is 0 Å². The molecule has 0 saturated heterocycles. The number of hydrogen-bond acceptors (Lipinski definition) is 6. The molecule has 1 heterocycles. The number of nitrogens with zero attached hydrogens (tertiary/aromatic N) is 1. The largest absolute Gasteiger partial charge is 0.480 e. The highest BCUT2D eigenvalue weighted by atomic mass is 32.2. The summed E-state index contributed by atoms with van der Waals surface area (Å²) in [5, 5.41) is 22.8. The predicted molar refractivity (Wildman–Crippen MR) is 74.3 cm³/mol. The van der Waals surface area contributed by atoms with Crippen molar-refractivity contribution in [1.29, 1.82) is 0 Å². The van der Waals surface area contributed by atoms with Crippen molar-refractivity contribution in [2.75, 3.05) is 12.4 Å². The Balaban J connectivity index is 2.28. The number of carboxylic acid groups (broad SMARTS) is 1. The summed E-state index contributed by atoms with van der Waals surface area (Å²) in [6, 6.07) is -1.03. The second kappa shape index (κ2) is 8.13. The first kappa shape index (κ1) is 15.9. The van der Waals surface area contributed by atoms with Crippen molar-refractivity contribution in [2.24, 2.45) is 0 Å². The van der Waals surface area contributed by atoms with Crippen LogP contribution in [0.1, 0.15) is 17.1 Å². The fourth-order valence-electron chi connectivity index (χ4n) is 1.35. The smallest absolute Gasteiger partial charge is 0.326 e. The second-order valence-corrected chi connectivity index (χ2v) is 5.87. The molecule has 8 heteroatoms. The maximum Gasteiger partial charge on any atom is 0.326 e. The van der Waals surface area contributed by atoms with Crippen LogP contribution in [0.3, 0.4) is 0 Å². The number of aryl methyl sites for hydroxylation is 1. The highest BCUT2D eigenvalue weighted by Crippen LogP contribution is 2.14. The van der Waals surface area contributed by atoms with Gasteiger partial charge in [0.2, 0.25) is 5.91 Å². The van der Waals surface area contributed by atoms with Gasteiger partial charge in [0.1, 0.15) is 6.04 Å². The van der Waals surface area contributed by atoms with Gasteiger partial charge >= 0.3 is 5.97 Å². The van der Waals surface area contributed by atoms with Gasteiger partial charge in [-0.15, -0.1) is 23.1 Å². The Morgan fingerprint density at radius 1 is 1.58 bits per heavy atom. The van der Waals surface area contributed by atoms with Crippen molar-refractivity contribution in [3.05, 3.63) is 16.1 Å². The van der Waals surface area contributed by atoms with Gasteiger partial charge in [0.15, 0.2) is 0 Å². The van der Waals surface area contributed by atoms with Crippen LogP contribution in [0.2, 0.25) is 0 Å². The molecule has 6 nitrogen and oxygen atoms in total. The average Bonchev–Trinajstić information content (AvgIpc) is 2.74. The van der Waals surface area contributed by atoms with Crippen LogP contribution in [-0.4, -0.2) is 45.5 Å². The molecule has 1 amide bonds. The Morgan fingerprint density at radius 3 is 2.84 bits per heavy atom. The molecule has 1 aromatic rings. The molecule has 0 fully saturated rings. The summed E-state index contributed by atoms with van der Waals surface area (Å²) in [7, 11) is 0. The minimum atomic E-state index is -1.14. The first-order valence-corrected chi connectivity index (χ1v) is 7.68. The molecule has 106 valence electrons. The third kappa shape index (κ3) is 6.04. The Morgan fingerprint density at radius 2 is 2.32 bits per heavy atom. The molecule has 1 aromatic heterocycles. The summed E-state index contributed by atoms with van der Waals surface area (Å²) in [6.45, 7) is 1.64. The van der Waals surface area contributed by atoms with E-state index in [1.807, 2.05) is 12.3 Å². The summed E-state index contributed by atoms with van der Waals surface area (Å²) in [4.78, 5) is 26.6. The number of thiazole rings is 1. The summed E-state index contributed by atoms with van der Waals surface area (Å²) in [5.74, 6) is -0.693. The number of carboxylic acids is 1. The van der Waals surface area contributed by atoms with Gasteiger partial charge in [-0.25, -0.2) is 9.78 Å². The Hall–Kier alpha value is -1.12. The van der Waals surface area contributed by atoms with Crippen LogP contribution in [0.15, 0.2) is 5.38 Å². The summed E-state index contributed by atoms with van der Waals surface area (Å²) in [5.41, 5.74) is 0.922. The lowest BCUT2D eigenvalue weighted by Gasteiger charge is -2.12. The molecule has 1 atom stereocenters. The number of hydrogen-bond donors (Lipinski definition) is 3. The van der Waals surface area contributed by atoms with Crippen LogP contribution in [0.25, 0.3) is 0 Å². The fourth-order valence-corrected chi connectivity index (χ4v) is 2.79. The molecule has 0 aliphatic heterocycles. The fraction of sp³-hybridized carbons (Fsp3) is 0.545. The number of aliphatic hydroxyl groups is 1. The third-order valence-electron chi connectivity index (χ3n) is 2.20. The number of amides is 1.